The van der Waals surface area contributed by atoms with E-state index in [0.29, 0.717) is 25.2 Å². The standard InChI is InChI=1S/C30H43N5O3S2.ClH/c1-4-7-16-35(17-8-5-2)40(37,38)26-12-10-25(11-13-26)29(36)31-15-18-33-19-21-34(22-20-33)30-32-27-14-9-24(6-3)23-28(27)39-30;/h9-14,23H,4-8,15-22H2,1-3H3,(H,31,36);1H. The number of halogens is 1. The highest BCUT2D eigenvalue weighted by Crippen LogP contribution is 2.30. The number of fused-ring (bicyclic) bond motifs is 1. The minimum atomic E-state index is -3.57. The first-order valence-corrected chi connectivity index (χ1v) is 16.9. The van der Waals surface area contributed by atoms with Gasteiger partial charge in [0.2, 0.25) is 10.0 Å². The fourth-order valence-electron chi connectivity index (χ4n) is 4.85. The highest BCUT2D eigenvalue weighted by Gasteiger charge is 2.24. The number of amides is 1. The van der Waals surface area contributed by atoms with Crippen molar-refractivity contribution in [3.63, 3.8) is 0 Å². The van der Waals surface area contributed by atoms with Crippen LogP contribution >= 0.6 is 23.7 Å². The molecule has 1 saturated heterocycles. The van der Waals surface area contributed by atoms with Crippen LogP contribution in [0.3, 0.4) is 0 Å². The molecule has 41 heavy (non-hydrogen) atoms. The fraction of sp³-hybridized carbons (Fsp3) is 0.533. The monoisotopic (exact) mass is 621 g/mol. The number of hydrogen-bond acceptors (Lipinski definition) is 7. The van der Waals surface area contributed by atoms with E-state index in [2.05, 4.69) is 54.1 Å². The second-order valence-electron chi connectivity index (χ2n) is 10.4. The maximum absolute atomic E-state index is 13.2. The van der Waals surface area contributed by atoms with Gasteiger partial charge < -0.3 is 10.2 Å². The van der Waals surface area contributed by atoms with Gasteiger partial charge in [-0.15, -0.1) is 12.4 Å². The molecule has 1 fully saturated rings. The number of aromatic nitrogens is 1. The van der Waals surface area contributed by atoms with E-state index in [-0.39, 0.29) is 23.2 Å². The van der Waals surface area contributed by atoms with E-state index in [1.165, 1.54) is 10.3 Å². The largest absolute Gasteiger partial charge is 0.351 e. The second kappa shape index (κ2) is 15.8. The topological polar surface area (TPSA) is 85.8 Å². The Morgan fingerprint density at radius 3 is 2.24 bits per heavy atom. The maximum Gasteiger partial charge on any atom is 0.251 e. The molecular weight excluding hydrogens is 578 g/mol. The first-order valence-electron chi connectivity index (χ1n) is 14.6. The van der Waals surface area contributed by atoms with Crippen LogP contribution in [0.2, 0.25) is 0 Å². The number of carbonyl (C=O) groups is 1. The lowest BCUT2D eigenvalue weighted by Gasteiger charge is -2.34. The average Bonchev–Trinajstić information content (AvgIpc) is 3.41. The van der Waals surface area contributed by atoms with Crippen LogP contribution in [0, 0.1) is 0 Å². The molecule has 0 aliphatic carbocycles. The number of carbonyl (C=O) groups excluding carboxylic acids is 1. The third kappa shape index (κ3) is 8.64. The summed E-state index contributed by atoms with van der Waals surface area (Å²) < 4.78 is 29.2. The van der Waals surface area contributed by atoms with Gasteiger partial charge in [-0.05, 0) is 61.2 Å². The SMILES string of the molecule is CCCCN(CCCC)S(=O)(=O)c1ccc(C(=O)NCCN2CCN(c3nc4ccc(CC)cc4s3)CC2)cc1.Cl. The van der Waals surface area contributed by atoms with Crippen molar-refractivity contribution < 1.29 is 13.2 Å². The molecule has 8 nitrogen and oxygen atoms in total. The molecule has 0 spiro atoms. The van der Waals surface area contributed by atoms with E-state index in [9.17, 15) is 13.2 Å². The molecule has 0 radical (unpaired) electrons. The van der Waals surface area contributed by atoms with Crippen molar-refractivity contribution in [2.24, 2.45) is 0 Å². The van der Waals surface area contributed by atoms with Gasteiger partial charge in [0.15, 0.2) is 5.13 Å². The zero-order valence-corrected chi connectivity index (χ0v) is 26.9. The lowest BCUT2D eigenvalue weighted by Crippen LogP contribution is -2.48. The van der Waals surface area contributed by atoms with Crippen LogP contribution in [0.25, 0.3) is 10.2 Å². The number of thiazole rings is 1. The van der Waals surface area contributed by atoms with Crippen molar-refractivity contribution in [1.29, 1.82) is 0 Å². The number of sulfonamides is 1. The molecule has 2 heterocycles. The van der Waals surface area contributed by atoms with Crippen molar-refractivity contribution in [1.82, 2.24) is 19.5 Å². The predicted molar refractivity (Wildman–Crippen MR) is 172 cm³/mol. The third-order valence-electron chi connectivity index (χ3n) is 7.48. The van der Waals surface area contributed by atoms with Crippen molar-refractivity contribution >= 4 is 55.0 Å². The van der Waals surface area contributed by atoms with Crippen LogP contribution in [0.15, 0.2) is 47.4 Å². The number of hydrogen-bond donors (Lipinski definition) is 1. The van der Waals surface area contributed by atoms with Gasteiger partial charge in [-0.1, -0.05) is 51.0 Å². The van der Waals surface area contributed by atoms with Crippen LogP contribution in [0.1, 0.15) is 62.4 Å². The normalized spacial score (nSPS) is 14.4. The zero-order valence-electron chi connectivity index (χ0n) is 24.5. The van der Waals surface area contributed by atoms with Gasteiger partial charge in [0.05, 0.1) is 15.1 Å². The van der Waals surface area contributed by atoms with Gasteiger partial charge in [0, 0.05) is 57.9 Å². The summed E-state index contributed by atoms with van der Waals surface area (Å²) in [6.45, 7) is 12.3. The van der Waals surface area contributed by atoms with Crippen molar-refractivity contribution in [2.45, 2.75) is 57.8 Å². The van der Waals surface area contributed by atoms with E-state index >= 15 is 0 Å². The van der Waals surface area contributed by atoms with Crippen molar-refractivity contribution in [2.75, 3.05) is 57.3 Å². The van der Waals surface area contributed by atoms with E-state index < -0.39 is 10.0 Å². The summed E-state index contributed by atoms with van der Waals surface area (Å²) in [6, 6.07) is 12.9. The molecule has 0 bridgehead atoms. The van der Waals surface area contributed by atoms with Gasteiger partial charge >= 0.3 is 0 Å². The van der Waals surface area contributed by atoms with Gasteiger partial charge in [0.25, 0.3) is 5.91 Å². The highest BCUT2D eigenvalue weighted by atomic mass is 35.5. The minimum Gasteiger partial charge on any atom is -0.351 e. The Kier molecular flexibility index (Phi) is 12.8. The summed E-state index contributed by atoms with van der Waals surface area (Å²) >= 11 is 1.76. The molecule has 1 N–H and O–H groups in total. The number of nitrogens with one attached hydrogen (secondary N) is 1. The van der Waals surface area contributed by atoms with Crippen LogP contribution in [-0.2, 0) is 16.4 Å². The van der Waals surface area contributed by atoms with Crippen LogP contribution in [0.5, 0.6) is 0 Å². The number of piperazine rings is 1. The molecule has 1 aliphatic heterocycles. The lowest BCUT2D eigenvalue weighted by molar-refractivity contribution is 0.0947. The molecule has 3 aromatic rings. The van der Waals surface area contributed by atoms with Crippen LogP contribution < -0.4 is 10.2 Å². The van der Waals surface area contributed by atoms with E-state index in [1.807, 2.05) is 0 Å². The number of benzene rings is 2. The molecule has 0 atom stereocenters. The fourth-order valence-corrected chi connectivity index (χ4v) is 7.45. The van der Waals surface area contributed by atoms with E-state index in [0.717, 1.165) is 75.5 Å². The van der Waals surface area contributed by atoms with Gasteiger partial charge in [-0.2, -0.15) is 4.31 Å². The van der Waals surface area contributed by atoms with Crippen molar-refractivity contribution in [3.05, 3.63) is 53.6 Å². The Morgan fingerprint density at radius 2 is 1.63 bits per heavy atom. The van der Waals surface area contributed by atoms with Crippen LogP contribution in [0.4, 0.5) is 5.13 Å². The molecule has 2 aromatic carbocycles. The smallest absolute Gasteiger partial charge is 0.251 e. The highest BCUT2D eigenvalue weighted by molar-refractivity contribution is 7.89. The number of anilines is 1. The van der Waals surface area contributed by atoms with E-state index in [4.69, 9.17) is 4.98 Å². The van der Waals surface area contributed by atoms with E-state index in [1.54, 1.807) is 39.9 Å². The molecule has 1 aromatic heterocycles. The quantitative estimate of drug-likeness (QED) is 0.259. The summed E-state index contributed by atoms with van der Waals surface area (Å²) in [6.07, 6.45) is 4.58. The Labute approximate surface area is 255 Å². The first-order chi connectivity index (χ1) is 19.3. The molecule has 1 aliphatic rings. The van der Waals surface area contributed by atoms with Crippen molar-refractivity contribution in [3.8, 4) is 0 Å². The zero-order chi connectivity index (χ0) is 28.5. The van der Waals surface area contributed by atoms with Gasteiger partial charge in [-0.3, -0.25) is 9.69 Å². The predicted octanol–water partition coefficient (Wildman–Crippen LogP) is 5.42. The lowest BCUT2D eigenvalue weighted by atomic mass is 10.2. The maximum atomic E-state index is 13.2. The molecule has 1 amide bonds. The molecule has 11 heteroatoms. The summed E-state index contributed by atoms with van der Waals surface area (Å²) in [4.78, 5) is 22.5. The third-order valence-corrected chi connectivity index (χ3v) is 10.5. The van der Waals surface area contributed by atoms with Gasteiger partial charge in [0.1, 0.15) is 0 Å². The molecule has 0 unspecified atom stereocenters. The average molecular weight is 622 g/mol. The number of aryl methyl sites for hydroxylation is 1. The van der Waals surface area contributed by atoms with Crippen LogP contribution in [-0.4, -0.2) is 80.9 Å². The number of unbranched alkanes of at least 4 members (excludes halogenated alkanes) is 2. The molecule has 0 saturated carbocycles. The molecule has 4 rings (SSSR count). The Morgan fingerprint density at radius 1 is 0.976 bits per heavy atom. The molecular formula is C30H44ClN5O3S2. The first kappa shape index (κ1) is 33.3. The second-order valence-corrected chi connectivity index (χ2v) is 13.3. The summed E-state index contributed by atoms with van der Waals surface area (Å²) in [5, 5.41) is 4.07. The summed E-state index contributed by atoms with van der Waals surface area (Å²) in [5.41, 5.74) is 2.88. The number of nitrogens with zero attached hydrogens (tertiary/aromatic N) is 4. The summed E-state index contributed by atoms with van der Waals surface area (Å²) in [7, 11) is -3.57. The Hall–Kier alpha value is -2.24. The Bertz CT molecular complexity index is 1350. The minimum absolute atomic E-state index is 0. The molecule has 226 valence electrons. The Balaban J connectivity index is 0.00000462. The summed E-state index contributed by atoms with van der Waals surface area (Å²) in [5.74, 6) is -0.183. The van der Waals surface area contributed by atoms with Gasteiger partial charge in [-0.25, -0.2) is 13.4 Å². The number of rotatable bonds is 14.